The summed E-state index contributed by atoms with van der Waals surface area (Å²) in [5, 5.41) is 14.0. The van der Waals surface area contributed by atoms with Gasteiger partial charge in [-0.1, -0.05) is 0 Å². The van der Waals surface area contributed by atoms with Crippen LogP contribution in [-0.4, -0.2) is 40.9 Å². The van der Waals surface area contributed by atoms with Crippen LogP contribution in [0.5, 0.6) is 0 Å². The van der Waals surface area contributed by atoms with E-state index in [1.54, 1.807) is 13.0 Å². The van der Waals surface area contributed by atoms with Gasteiger partial charge in [0.15, 0.2) is 0 Å². The molecule has 0 bridgehead atoms. The topological polar surface area (TPSA) is 102 Å². The van der Waals surface area contributed by atoms with Crippen molar-refractivity contribution < 1.29 is 19.2 Å². The molecule has 1 N–H and O–H groups in total. The summed E-state index contributed by atoms with van der Waals surface area (Å²) in [5.41, 5.74) is 0.126. The minimum Gasteiger partial charge on any atom is -0.466 e. The maximum Gasteiger partial charge on any atom is 0.310 e. The Morgan fingerprint density at radius 1 is 1.52 bits per heavy atom. The predicted octanol–water partition coefficient (Wildman–Crippen LogP) is 1.79. The van der Waals surface area contributed by atoms with Gasteiger partial charge in [-0.15, -0.1) is 0 Å². The van der Waals surface area contributed by atoms with E-state index in [0.29, 0.717) is 30.8 Å². The summed E-state index contributed by atoms with van der Waals surface area (Å²) in [6, 6.07) is 4.37. The summed E-state index contributed by atoms with van der Waals surface area (Å²) in [7, 11) is 0. The number of anilines is 1. The first-order valence-corrected chi connectivity index (χ1v) is 8.53. The minimum atomic E-state index is -1.01. The van der Waals surface area contributed by atoms with Crippen molar-refractivity contribution in [3.05, 3.63) is 33.9 Å². The molecule has 3 atom stereocenters. The van der Waals surface area contributed by atoms with Gasteiger partial charge in [0.05, 0.1) is 17.4 Å². The first kappa shape index (κ1) is 16.0. The van der Waals surface area contributed by atoms with E-state index >= 15 is 0 Å². The van der Waals surface area contributed by atoms with E-state index in [-0.39, 0.29) is 23.6 Å². The van der Waals surface area contributed by atoms with E-state index in [2.05, 4.69) is 10.2 Å². The average molecular weight is 345 g/mol. The molecule has 1 aromatic rings. The number of esters is 1. The number of carbonyl (C=O) groups excluding carboxylic acids is 2. The van der Waals surface area contributed by atoms with E-state index in [1.165, 1.54) is 12.1 Å². The average Bonchev–Trinajstić information content (AvgIpc) is 3.23. The monoisotopic (exact) mass is 345 g/mol. The third-order valence-corrected chi connectivity index (χ3v) is 5.64. The maximum absolute atomic E-state index is 12.9. The molecule has 0 unspecified atom stereocenters. The first-order chi connectivity index (χ1) is 12.0. The molecule has 132 valence electrons. The van der Waals surface area contributed by atoms with Crippen molar-refractivity contribution in [3.63, 3.8) is 0 Å². The highest BCUT2D eigenvalue weighted by Gasteiger charge is 2.63. The van der Waals surface area contributed by atoms with Crippen molar-refractivity contribution in [2.24, 2.45) is 5.92 Å². The molecular formula is C17H19N3O5. The number of hydrogen-bond acceptors (Lipinski definition) is 6. The fourth-order valence-corrected chi connectivity index (χ4v) is 4.68. The second-order valence-corrected chi connectivity index (χ2v) is 6.77. The minimum absolute atomic E-state index is 0.0510. The van der Waals surface area contributed by atoms with Crippen LogP contribution < -0.4 is 5.32 Å². The number of benzene rings is 1. The van der Waals surface area contributed by atoms with Crippen LogP contribution in [0.3, 0.4) is 0 Å². The lowest BCUT2D eigenvalue weighted by Crippen LogP contribution is -2.47. The van der Waals surface area contributed by atoms with Gasteiger partial charge in [-0.05, 0) is 38.8 Å². The van der Waals surface area contributed by atoms with E-state index in [1.807, 2.05) is 0 Å². The largest absolute Gasteiger partial charge is 0.466 e. The van der Waals surface area contributed by atoms with Crippen LogP contribution in [0.15, 0.2) is 18.2 Å². The van der Waals surface area contributed by atoms with E-state index in [9.17, 15) is 19.7 Å². The lowest BCUT2D eigenvalue weighted by molar-refractivity contribution is -0.384. The van der Waals surface area contributed by atoms with E-state index in [4.69, 9.17) is 4.74 Å². The molecule has 2 fully saturated rings. The van der Waals surface area contributed by atoms with Crippen LogP contribution in [0.2, 0.25) is 0 Å². The van der Waals surface area contributed by atoms with Crippen LogP contribution in [-0.2, 0) is 19.9 Å². The number of nitrogens with one attached hydrogen (secondary N) is 1. The zero-order valence-corrected chi connectivity index (χ0v) is 13.9. The van der Waals surface area contributed by atoms with Gasteiger partial charge in [0.1, 0.15) is 5.54 Å². The molecule has 0 aliphatic carbocycles. The number of ether oxygens (including phenoxy) is 1. The van der Waals surface area contributed by atoms with Gasteiger partial charge in [-0.3, -0.25) is 24.6 Å². The third kappa shape index (κ3) is 2.10. The highest BCUT2D eigenvalue weighted by atomic mass is 16.6. The number of nitro groups is 1. The summed E-state index contributed by atoms with van der Waals surface area (Å²) in [5.74, 6) is -0.886. The second kappa shape index (κ2) is 5.52. The molecule has 8 heteroatoms. The van der Waals surface area contributed by atoms with Crippen LogP contribution in [0.1, 0.15) is 31.7 Å². The van der Waals surface area contributed by atoms with Gasteiger partial charge in [-0.2, -0.15) is 0 Å². The van der Waals surface area contributed by atoms with Crippen molar-refractivity contribution in [2.75, 3.05) is 18.5 Å². The van der Waals surface area contributed by atoms with Crippen molar-refractivity contribution in [1.82, 2.24) is 4.90 Å². The highest BCUT2D eigenvalue weighted by Crippen LogP contribution is 2.55. The van der Waals surface area contributed by atoms with Crippen molar-refractivity contribution in [3.8, 4) is 0 Å². The molecule has 1 aromatic carbocycles. The van der Waals surface area contributed by atoms with Gasteiger partial charge in [0.25, 0.3) is 5.69 Å². The molecule has 3 heterocycles. The number of nitrogens with zero attached hydrogens (tertiary/aromatic N) is 2. The molecule has 1 spiro atoms. The highest BCUT2D eigenvalue weighted by molar-refractivity contribution is 6.07. The molecule has 4 rings (SSSR count). The smallest absolute Gasteiger partial charge is 0.310 e. The Morgan fingerprint density at radius 2 is 2.32 bits per heavy atom. The molecule has 0 aromatic heterocycles. The zero-order chi connectivity index (χ0) is 17.8. The van der Waals surface area contributed by atoms with E-state index in [0.717, 1.165) is 12.8 Å². The number of fused-ring (bicyclic) bond motifs is 4. The van der Waals surface area contributed by atoms with Crippen LogP contribution in [0.25, 0.3) is 0 Å². The standard InChI is InChI=1S/C17H19N3O5/c1-2-25-15(21)11-9-17(19-7-3-4-14(11)19)12-8-10(20(23)24)5-6-13(12)18-16(17)22/h5-6,8,11,14H,2-4,7,9H2,1H3,(H,18,22)/t11-,14+,17-/m0/s1. The van der Waals surface area contributed by atoms with Gasteiger partial charge in [0, 0.05) is 29.4 Å². The summed E-state index contributed by atoms with van der Waals surface area (Å²) in [6.07, 6.45) is 2.01. The Kier molecular flexibility index (Phi) is 3.54. The first-order valence-electron chi connectivity index (χ1n) is 8.53. The maximum atomic E-state index is 12.9. The lowest BCUT2D eigenvalue weighted by atomic mass is 9.84. The van der Waals surface area contributed by atoms with Crippen LogP contribution in [0.4, 0.5) is 11.4 Å². The lowest BCUT2D eigenvalue weighted by Gasteiger charge is -2.32. The number of nitro benzene ring substituents is 1. The number of non-ortho nitro benzene ring substituents is 1. The molecule has 8 nitrogen and oxygen atoms in total. The third-order valence-electron chi connectivity index (χ3n) is 5.64. The molecule has 2 saturated heterocycles. The van der Waals surface area contributed by atoms with Crippen molar-refractivity contribution in [1.29, 1.82) is 0 Å². The number of rotatable bonds is 3. The van der Waals surface area contributed by atoms with Gasteiger partial charge in [0.2, 0.25) is 5.91 Å². The zero-order valence-electron chi connectivity index (χ0n) is 13.9. The Bertz CT molecular complexity index is 780. The molecule has 3 aliphatic heterocycles. The number of amides is 1. The van der Waals surface area contributed by atoms with Crippen molar-refractivity contribution in [2.45, 2.75) is 37.8 Å². The second-order valence-electron chi connectivity index (χ2n) is 6.77. The number of carbonyl (C=O) groups is 2. The quantitative estimate of drug-likeness (QED) is 0.509. The van der Waals surface area contributed by atoms with E-state index < -0.39 is 16.4 Å². The number of hydrogen-bond donors (Lipinski definition) is 1. The van der Waals surface area contributed by atoms with Crippen LogP contribution >= 0.6 is 0 Å². The predicted molar refractivity (Wildman–Crippen MR) is 87.9 cm³/mol. The Labute approximate surface area is 144 Å². The SMILES string of the molecule is CCOC(=O)[C@H]1C[C@]2(C(=O)Nc3ccc([N+](=O)[O-])cc32)N2CCC[C@H]12. The fraction of sp³-hybridized carbons (Fsp3) is 0.529. The molecule has 3 aliphatic rings. The summed E-state index contributed by atoms with van der Waals surface area (Å²) >= 11 is 0. The Balaban J connectivity index is 1.82. The van der Waals surface area contributed by atoms with Gasteiger partial charge >= 0.3 is 5.97 Å². The molecular weight excluding hydrogens is 326 g/mol. The molecule has 0 saturated carbocycles. The molecule has 25 heavy (non-hydrogen) atoms. The molecule has 1 amide bonds. The Hall–Kier alpha value is -2.48. The Morgan fingerprint density at radius 3 is 3.04 bits per heavy atom. The fourth-order valence-electron chi connectivity index (χ4n) is 4.68. The van der Waals surface area contributed by atoms with Crippen molar-refractivity contribution >= 4 is 23.3 Å². The normalized spacial score (nSPS) is 30.2. The summed E-state index contributed by atoms with van der Waals surface area (Å²) in [6.45, 7) is 2.75. The molecule has 0 radical (unpaired) electrons. The van der Waals surface area contributed by atoms with Gasteiger partial charge in [-0.25, -0.2) is 0 Å². The van der Waals surface area contributed by atoms with Gasteiger partial charge < -0.3 is 10.1 Å². The summed E-state index contributed by atoms with van der Waals surface area (Å²) < 4.78 is 5.22. The summed E-state index contributed by atoms with van der Waals surface area (Å²) in [4.78, 5) is 38.1. The van der Waals surface area contributed by atoms with Crippen LogP contribution in [0, 0.1) is 16.0 Å².